The number of thiophene rings is 1. The van der Waals surface area contributed by atoms with E-state index in [2.05, 4.69) is 48.0 Å². The minimum atomic E-state index is 0.576. The maximum absolute atomic E-state index is 3.56. The lowest BCUT2D eigenvalue weighted by Crippen LogP contribution is -2.18. The molecule has 0 spiro atoms. The van der Waals surface area contributed by atoms with Crippen molar-refractivity contribution in [3.05, 3.63) is 46.8 Å². The van der Waals surface area contributed by atoms with Gasteiger partial charge >= 0.3 is 0 Å². The van der Waals surface area contributed by atoms with Gasteiger partial charge in [-0.15, -0.1) is 11.3 Å². The molecule has 0 radical (unpaired) electrons. The van der Waals surface area contributed by atoms with Crippen molar-refractivity contribution < 1.29 is 0 Å². The molecule has 1 N–H and O–H groups in total. The van der Waals surface area contributed by atoms with E-state index >= 15 is 0 Å². The molecule has 1 heterocycles. The highest BCUT2D eigenvalue weighted by Crippen LogP contribution is 2.35. The summed E-state index contributed by atoms with van der Waals surface area (Å²) in [5, 5.41) is 5.70. The van der Waals surface area contributed by atoms with Gasteiger partial charge in [-0.05, 0) is 47.5 Å². The van der Waals surface area contributed by atoms with Gasteiger partial charge in [0.1, 0.15) is 0 Å². The molecule has 1 aromatic carbocycles. The van der Waals surface area contributed by atoms with Gasteiger partial charge in [0.2, 0.25) is 0 Å². The second-order valence-electron chi connectivity index (χ2n) is 4.54. The van der Waals surface area contributed by atoms with Gasteiger partial charge in [0.25, 0.3) is 0 Å². The van der Waals surface area contributed by atoms with E-state index in [-0.39, 0.29) is 0 Å². The summed E-state index contributed by atoms with van der Waals surface area (Å²) in [5.74, 6) is 0. The van der Waals surface area contributed by atoms with Gasteiger partial charge in [0.05, 0.1) is 0 Å². The molecule has 0 bridgehead atoms. The van der Waals surface area contributed by atoms with Crippen molar-refractivity contribution in [1.29, 1.82) is 0 Å². The Kier molecular flexibility index (Phi) is 3.00. The summed E-state index contributed by atoms with van der Waals surface area (Å²) in [6, 6.07) is 11.8. The third-order valence-electron chi connectivity index (χ3n) is 3.48. The van der Waals surface area contributed by atoms with Gasteiger partial charge in [-0.25, -0.2) is 0 Å². The summed E-state index contributed by atoms with van der Waals surface area (Å²) in [5.41, 5.74) is 4.41. The first kappa shape index (κ1) is 11.0. The zero-order valence-electron chi connectivity index (χ0n) is 10.1. The Morgan fingerprint density at radius 3 is 3.06 bits per heavy atom. The average molecular weight is 243 g/mol. The predicted octanol–water partition coefficient (Wildman–Crippen LogP) is 4.01. The fourth-order valence-corrected chi connectivity index (χ4v) is 3.40. The van der Waals surface area contributed by atoms with Crippen molar-refractivity contribution in [1.82, 2.24) is 5.32 Å². The quantitative estimate of drug-likeness (QED) is 0.858. The van der Waals surface area contributed by atoms with Gasteiger partial charge in [-0.2, -0.15) is 0 Å². The van der Waals surface area contributed by atoms with Crippen LogP contribution in [-0.4, -0.2) is 6.54 Å². The SMILES string of the molecule is CCNC1CCc2cc(-c3cccs3)ccc21. The largest absolute Gasteiger partial charge is 0.310 e. The Bertz CT molecular complexity index is 502. The molecule has 1 unspecified atom stereocenters. The van der Waals surface area contributed by atoms with E-state index in [4.69, 9.17) is 0 Å². The number of aryl methyl sites for hydroxylation is 1. The minimum absolute atomic E-state index is 0.576. The molecule has 1 aliphatic rings. The lowest BCUT2D eigenvalue weighted by atomic mass is 10.0. The Morgan fingerprint density at radius 1 is 1.35 bits per heavy atom. The maximum Gasteiger partial charge on any atom is 0.0342 e. The van der Waals surface area contributed by atoms with Gasteiger partial charge in [-0.3, -0.25) is 0 Å². The van der Waals surface area contributed by atoms with E-state index in [1.807, 2.05) is 11.3 Å². The molecule has 1 atom stereocenters. The second-order valence-corrected chi connectivity index (χ2v) is 5.49. The van der Waals surface area contributed by atoms with Gasteiger partial charge < -0.3 is 5.32 Å². The van der Waals surface area contributed by atoms with Crippen LogP contribution in [0.2, 0.25) is 0 Å². The van der Waals surface area contributed by atoms with Crippen LogP contribution in [0.1, 0.15) is 30.5 Å². The first-order chi connectivity index (χ1) is 8.38. The van der Waals surface area contributed by atoms with Crippen LogP contribution in [0.15, 0.2) is 35.7 Å². The molecule has 0 fully saturated rings. The fraction of sp³-hybridized carbons (Fsp3) is 0.333. The highest BCUT2D eigenvalue weighted by atomic mass is 32.1. The van der Waals surface area contributed by atoms with Crippen LogP contribution in [0.5, 0.6) is 0 Å². The van der Waals surface area contributed by atoms with E-state index < -0.39 is 0 Å². The lowest BCUT2D eigenvalue weighted by molar-refractivity contribution is 0.549. The molecule has 0 amide bonds. The van der Waals surface area contributed by atoms with E-state index in [9.17, 15) is 0 Å². The number of fused-ring (bicyclic) bond motifs is 1. The van der Waals surface area contributed by atoms with Crippen molar-refractivity contribution in [2.24, 2.45) is 0 Å². The summed E-state index contributed by atoms with van der Waals surface area (Å²) < 4.78 is 0. The highest BCUT2D eigenvalue weighted by molar-refractivity contribution is 7.13. The first-order valence-corrected chi connectivity index (χ1v) is 7.16. The highest BCUT2D eigenvalue weighted by Gasteiger charge is 2.21. The van der Waals surface area contributed by atoms with E-state index in [0.717, 1.165) is 6.54 Å². The van der Waals surface area contributed by atoms with Gasteiger partial charge in [-0.1, -0.05) is 31.2 Å². The number of hydrogen-bond donors (Lipinski definition) is 1. The lowest BCUT2D eigenvalue weighted by Gasteiger charge is -2.12. The Morgan fingerprint density at radius 2 is 2.29 bits per heavy atom. The van der Waals surface area contributed by atoms with Crippen LogP contribution in [0.25, 0.3) is 10.4 Å². The van der Waals surface area contributed by atoms with Gasteiger partial charge in [0, 0.05) is 10.9 Å². The molecular weight excluding hydrogens is 226 g/mol. The molecule has 1 aliphatic carbocycles. The molecule has 0 saturated carbocycles. The molecule has 1 aromatic heterocycles. The number of hydrogen-bond acceptors (Lipinski definition) is 2. The molecule has 0 saturated heterocycles. The molecule has 88 valence electrons. The summed E-state index contributed by atoms with van der Waals surface area (Å²) in [4.78, 5) is 1.37. The van der Waals surface area contributed by atoms with Crippen LogP contribution in [-0.2, 0) is 6.42 Å². The van der Waals surface area contributed by atoms with Crippen LogP contribution in [0.4, 0.5) is 0 Å². The zero-order chi connectivity index (χ0) is 11.7. The minimum Gasteiger partial charge on any atom is -0.310 e. The number of benzene rings is 1. The van der Waals surface area contributed by atoms with E-state index in [1.165, 1.54) is 34.4 Å². The molecule has 1 nitrogen and oxygen atoms in total. The number of nitrogens with one attached hydrogen (secondary N) is 1. The topological polar surface area (TPSA) is 12.0 Å². The van der Waals surface area contributed by atoms with Crippen LogP contribution in [0.3, 0.4) is 0 Å². The second kappa shape index (κ2) is 4.63. The van der Waals surface area contributed by atoms with Crippen LogP contribution >= 0.6 is 11.3 Å². The first-order valence-electron chi connectivity index (χ1n) is 6.28. The standard InChI is InChI=1S/C15H17NS/c1-2-16-14-8-6-11-10-12(5-7-13(11)14)15-4-3-9-17-15/h3-5,7,9-10,14,16H,2,6,8H2,1H3. The third-order valence-corrected chi connectivity index (χ3v) is 4.40. The summed E-state index contributed by atoms with van der Waals surface area (Å²) in [6.07, 6.45) is 2.46. The normalized spacial score (nSPS) is 18.3. The monoisotopic (exact) mass is 243 g/mol. The van der Waals surface area contributed by atoms with Crippen molar-refractivity contribution in [3.8, 4) is 10.4 Å². The van der Waals surface area contributed by atoms with Gasteiger partial charge in [0.15, 0.2) is 0 Å². The van der Waals surface area contributed by atoms with E-state index in [1.54, 1.807) is 0 Å². The Balaban J connectivity index is 1.94. The third kappa shape index (κ3) is 2.03. The van der Waals surface area contributed by atoms with Crippen molar-refractivity contribution in [2.45, 2.75) is 25.8 Å². The fourth-order valence-electron chi connectivity index (χ4n) is 2.67. The molecule has 3 rings (SSSR count). The van der Waals surface area contributed by atoms with E-state index in [0.29, 0.717) is 6.04 Å². The summed E-state index contributed by atoms with van der Waals surface area (Å²) >= 11 is 1.82. The van der Waals surface area contributed by atoms with Crippen molar-refractivity contribution in [3.63, 3.8) is 0 Å². The molecule has 2 aromatic rings. The summed E-state index contributed by atoms with van der Waals surface area (Å²) in [7, 11) is 0. The van der Waals surface area contributed by atoms with Crippen LogP contribution < -0.4 is 5.32 Å². The molecule has 0 aliphatic heterocycles. The smallest absolute Gasteiger partial charge is 0.0342 e. The van der Waals surface area contributed by atoms with Crippen molar-refractivity contribution >= 4 is 11.3 Å². The average Bonchev–Trinajstić information content (AvgIpc) is 2.98. The zero-order valence-corrected chi connectivity index (χ0v) is 10.9. The molecule has 17 heavy (non-hydrogen) atoms. The maximum atomic E-state index is 3.56. The predicted molar refractivity (Wildman–Crippen MR) is 74.5 cm³/mol. The summed E-state index contributed by atoms with van der Waals surface area (Å²) in [6.45, 7) is 3.23. The van der Waals surface area contributed by atoms with Crippen molar-refractivity contribution in [2.75, 3.05) is 6.54 Å². The molecular formula is C15H17NS. The Hall–Kier alpha value is -1.12. The van der Waals surface area contributed by atoms with Crippen LogP contribution in [0, 0.1) is 0 Å². The Labute approximate surface area is 106 Å². The molecule has 2 heteroatoms. The number of rotatable bonds is 3.